The number of rotatable bonds is 4. The maximum atomic E-state index is 10.6. The predicted molar refractivity (Wildman–Crippen MR) is 112 cm³/mol. The molecule has 0 amide bonds. The van der Waals surface area contributed by atoms with Crippen LogP contribution in [0, 0.1) is 5.92 Å². The Morgan fingerprint density at radius 3 is 2.42 bits per heavy atom. The summed E-state index contributed by atoms with van der Waals surface area (Å²) in [5, 5.41) is 17.7. The summed E-state index contributed by atoms with van der Waals surface area (Å²) in [6.07, 6.45) is 2.19. The van der Waals surface area contributed by atoms with E-state index in [2.05, 4.69) is 62.4 Å². The number of halogens is 2. The summed E-state index contributed by atoms with van der Waals surface area (Å²) in [7, 11) is 1.66. The van der Waals surface area contributed by atoms with E-state index in [-0.39, 0.29) is 18.0 Å². The van der Waals surface area contributed by atoms with Gasteiger partial charge >= 0.3 is 0 Å². The summed E-state index contributed by atoms with van der Waals surface area (Å²) >= 11 is 6.94. The Hall–Kier alpha value is -1.50. The molecule has 3 N–H and O–H groups in total. The third kappa shape index (κ3) is 4.08. The molecule has 4 nitrogen and oxygen atoms in total. The van der Waals surface area contributed by atoms with Crippen molar-refractivity contribution in [1.29, 1.82) is 0 Å². The molecule has 1 aliphatic rings. The average Bonchev–Trinajstić information content (AvgIpc) is 2.64. The Kier molecular flexibility index (Phi) is 5.95. The van der Waals surface area contributed by atoms with E-state index in [9.17, 15) is 5.11 Å². The Labute approximate surface area is 170 Å². The number of benzene rings is 2. The lowest BCUT2D eigenvalue weighted by molar-refractivity contribution is 0.334. The molecule has 0 saturated carbocycles. The highest BCUT2D eigenvalue weighted by molar-refractivity contribution is 9.11. The molecular formula is C20H22Br2N2O2. The summed E-state index contributed by atoms with van der Waals surface area (Å²) in [4.78, 5) is 0. The van der Waals surface area contributed by atoms with Gasteiger partial charge in [-0.2, -0.15) is 0 Å². The molecule has 0 aromatic heterocycles. The largest absolute Gasteiger partial charge is 0.506 e. The number of phenolic OH excluding ortho intramolecular Hbond substituents is 1. The molecule has 2 atom stereocenters. The van der Waals surface area contributed by atoms with Crippen molar-refractivity contribution in [3.05, 3.63) is 62.5 Å². The number of ether oxygens (including phenoxy) is 1. The van der Waals surface area contributed by atoms with E-state index in [4.69, 9.17) is 4.74 Å². The van der Waals surface area contributed by atoms with Crippen LogP contribution in [0.3, 0.4) is 0 Å². The minimum absolute atomic E-state index is 0.0826. The van der Waals surface area contributed by atoms with Crippen molar-refractivity contribution in [2.75, 3.05) is 7.11 Å². The minimum Gasteiger partial charge on any atom is -0.506 e. The maximum Gasteiger partial charge on any atom is 0.134 e. The number of aromatic hydroxyl groups is 1. The van der Waals surface area contributed by atoms with Crippen LogP contribution in [0.15, 0.2) is 51.4 Å². The summed E-state index contributed by atoms with van der Waals surface area (Å²) in [6, 6.07) is 11.6. The first-order valence-electron chi connectivity index (χ1n) is 8.45. The van der Waals surface area contributed by atoms with Crippen LogP contribution in [-0.2, 0) is 0 Å². The average molecular weight is 482 g/mol. The van der Waals surface area contributed by atoms with Gasteiger partial charge in [0.05, 0.1) is 23.8 Å². The van der Waals surface area contributed by atoms with Gasteiger partial charge in [-0.05, 0) is 69.9 Å². The fraction of sp³-hybridized carbons (Fsp3) is 0.300. The Balaban J connectivity index is 2.03. The number of hydrogen-bond donors (Lipinski definition) is 3. The lowest BCUT2D eigenvalue weighted by Crippen LogP contribution is -2.49. The third-order valence-corrected chi connectivity index (χ3v) is 5.53. The summed E-state index contributed by atoms with van der Waals surface area (Å²) in [5.41, 5.74) is 2.94. The summed E-state index contributed by atoms with van der Waals surface area (Å²) in [5.74, 6) is 1.45. The Bertz CT molecular complexity index is 819. The van der Waals surface area contributed by atoms with Crippen molar-refractivity contribution in [2.45, 2.75) is 26.1 Å². The second-order valence-electron chi connectivity index (χ2n) is 6.64. The number of methoxy groups -OCH3 is 1. The zero-order chi connectivity index (χ0) is 18.8. The molecule has 2 aromatic carbocycles. The topological polar surface area (TPSA) is 53.5 Å². The number of phenols is 1. The smallest absolute Gasteiger partial charge is 0.134 e. The zero-order valence-electron chi connectivity index (χ0n) is 14.9. The van der Waals surface area contributed by atoms with E-state index >= 15 is 0 Å². The molecule has 138 valence electrons. The molecule has 26 heavy (non-hydrogen) atoms. The van der Waals surface area contributed by atoms with Crippen molar-refractivity contribution >= 4 is 37.6 Å². The van der Waals surface area contributed by atoms with Crippen LogP contribution in [0.2, 0.25) is 0 Å². The Morgan fingerprint density at radius 2 is 1.81 bits per heavy atom. The second-order valence-corrected chi connectivity index (χ2v) is 8.41. The molecular weight excluding hydrogens is 460 g/mol. The van der Waals surface area contributed by atoms with Gasteiger partial charge in [0.2, 0.25) is 0 Å². The molecule has 6 heteroatoms. The first-order valence-corrected chi connectivity index (χ1v) is 10.0. The van der Waals surface area contributed by atoms with Gasteiger partial charge in [-0.3, -0.25) is 5.32 Å². The van der Waals surface area contributed by atoms with Gasteiger partial charge in [0, 0.05) is 15.7 Å². The normalized spacial score (nSPS) is 19.8. The minimum atomic E-state index is -0.116. The zero-order valence-corrected chi connectivity index (χ0v) is 18.1. The van der Waals surface area contributed by atoms with E-state index in [1.165, 1.54) is 0 Å². The highest BCUT2D eigenvalue weighted by atomic mass is 79.9. The highest BCUT2D eigenvalue weighted by Gasteiger charge is 2.27. The van der Waals surface area contributed by atoms with Crippen molar-refractivity contribution in [1.82, 2.24) is 10.6 Å². The van der Waals surface area contributed by atoms with Crippen molar-refractivity contribution in [3.63, 3.8) is 0 Å². The standard InChI is InChI=1S/C20H22Br2N2O2/c1-11(2)20-23-17(12-4-6-14(26-3)7-5-12)10-18(24-20)15-8-13(21)9-16(22)19(15)25/h4-11,18,20,23-25H,1-3H3. The number of hydrogen-bond acceptors (Lipinski definition) is 4. The van der Waals surface area contributed by atoms with Gasteiger partial charge in [0.15, 0.2) is 0 Å². The van der Waals surface area contributed by atoms with Gasteiger partial charge in [-0.25, -0.2) is 0 Å². The van der Waals surface area contributed by atoms with Crippen LogP contribution >= 0.6 is 31.9 Å². The molecule has 0 spiro atoms. The van der Waals surface area contributed by atoms with Gasteiger partial charge < -0.3 is 15.2 Å². The second kappa shape index (κ2) is 8.03. The molecule has 1 aliphatic heterocycles. The first-order chi connectivity index (χ1) is 12.4. The molecule has 0 bridgehead atoms. The number of nitrogens with one attached hydrogen (secondary N) is 2. The quantitative estimate of drug-likeness (QED) is 0.562. The lowest BCUT2D eigenvalue weighted by Gasteiger charge is -2.35. The van der Waals surface area contributed by atoms with Gasteiger partial charge in [0.25, 0.3) is 0 Å². The van der Waals surface area contributed by atoms with E-state index in [0.29, 0.717) is 10.4 Å². The summed E-state index contributed by atoms with van der Waals surface area (Å²) in [6.45, 7) is 4.32. The predicted octanol–water partition coefficient (Wildman–Crippen LogP) is 5.18. The molecule has 0 radical (unpaired) electrons. The third-order valence-electron chi connectivity index (χ3n) is 4.46. The van der Waals surface area contributed by atoms with E-state index in [1.54, 1.807) is 7.11 Å². The van der Waals surface area contributed by atoms with E-state index < -0.39 is 0 Å². The van der Waals surface area contributed by atoms with Crippen LogP contribution < -0.4 is 15.4 Å². The molecule has 2 aromatic rings. The fourth-order valence-electron chi connectivity index (χ4n) is 2.98. The molecule has 2 unspecified atom stereocenters. The van der Waals surface area contributed by atoms with Crippen LogP contribution in [0.25, 0.3) is 5.70 Å². The molecule has 0 fully saturated rings. The van der Waals surface area contributed by atoms with Gasteiger partial charge in [0.1, 0.15) is 11.5 Å². The van der Waals surface area contributed by atoms with Gasteiger partial charge in [-0.1, -0.05) is 29.8 Å². The van der Waals surface area contributed by atoms with Crippen LogP contribution in [-0.4, -0.2) is 18.4 Å². The van der Waals surface area contributed by atoms with Crippen molar-refractivity contribution < 1.29 is 9.84 Å². The highest BCUT2D eigenvalue weighted by Crippen LogP contribution is 2.38. The first kappa shape index (κ1) is 19.3. The van der Waals surface area contributed by atoms with Crippen LogP contribution in [0.1, 0.15) is 31.0 Å². The van der Waals surface area contributed by atoms with Crippen molar-refractivity contribution in [3.8, 4) is 11.5 Å². The SMILES string of the molecule is COc1ccc(C2=CC(c3cc(Br)cc(Br)c3O)NC(C(C)C)N2)cc1. The molecule has 1 heterocycles. The summed E-state index contributed by atoms with van der Waals surface area (Å²) < 4.78 is 6.84. The van der Waals surface area contributed by atoms with E-state index in [0.717, 1.165) is 27.0 Å². The monoisotopic (exact) mass is 480 g/mol. The van der Waals surface area contributed by atoms with E-state index in [1.807, 2.05) is 36.4 Å². The lowest BCUT2D eigenvalue weighted by atomic mass is 9.97. The van der Waals surface area contributed by atoms with Crippen LogP contribution in [0.5, 0.6) is 11.5 Å². The fourth-order valence-corrected chi connectivity index (χ4v) is 4.24. The van der Waals surface area contributed by atoms with Gasteiger partial charge in [-0.15, -0.1) is 0 Å². The molecule has 0 aliphatic carbocycles. The molecule has 0 saturated heterocycles. The van der Waals surface area contributed by atoms with Crippen LogP contribution in [0.4, 0.5) is 0 Å². The maximum absolute atomic E-state index is 10.6. The van der Waals surface area contributed by atoms with Crippen molar-refractivity contribution in [2.24, 2.45) is 5.92 Å². The Morgan fingerprint density at radius 1 is 1.12 bits per heavy atom. The molecule has 3 rings (SSSR count).